The van der Waals surface area contributed by atoms with Crippen LogP contribution in [0.15, 0.2) is 33.9 Å². The molecule has 0 unspecified atom stereocenters. The van der Waals surface area contributed by atoms with Gasteiger partial charge in [0.1, 0.15) is 4.90 Å². The molecule has 1 heterocycles. The largest absolute Gasteiger partial charge is 0.330 e. The fraction of sp³-hybridized carbons (Fsp3) is 0. The Morgan fingerprint density at radius 3 is 2.39 bits per heavy atom. The first-order valence-electron chi connectivity index (χ1n) is 4.57. The highest BCUT2D eigenvalue weighted by molar-refractivity contribution is 9.10. The summed E-state index contributed by atoms with van der Waals surface area (Å²) in [6.07, 6.45) is 2.91. The Hall–Kier alpha value is -0.760. The second kappa shape index (κ2) is 5.08. The number of nitrogens with one attached hydrogen (secondary N) is 2. The van der Waals surface area contributed by atoms with Crippen LogP contribution in [-0.4, -0.2) is 18.4 Å². The lowest BCUT2D eigenvalue weighted by Crippen LogP contribution is -2.15. The molecule has 18 heavy (non-hydrogen) atoms. The molecule has 2 N–H and O–H groups in total. The molecule has 2 aromatic rings. The van der Waals surface area contributed by atoms with Crippen molar-refractivity contribution in [2.75, 3.05) is 4.72 Å². The van der Waals surface area contributed by atoms with Gasteiger partial charge in [0.05, 0.1) is 10.0 Å². The number of aromatic amines is 1. The fourth-order valence-corrected chi connectivity index (χ4v) is 4.20. The summed E-state index contributed by atoms with van der Waals surface area (Å²) in [6.45, 7) is 0. The van der Waals surface area contributed by atoms with Crippen molar-refractivity contribution < 1.29 is 8.42 Å². The molecular weight excluding hydrogens is 365 g/mol. The van der Waals surface area contributed by atoms with Crippen molar-refractivity contribution in [3.63, 3.8) is 0 Å². The minimum absolute atomic E-state index is 0.0217. The molecule has 9 heteroatoms. The van der Waals surface area contributed by atoms with Crippen molar-refractivity contribution in [1.29, 1.82) is 0 Å². The topological polar surface area (TPSA) is 74.8 Å². The van der Waals surface area contributed by atoms with E-state index in [-0.39, 0.29) is 20.9 Å². The molecule has 0 aliphatic carbocycles. The zero-order chi connectivity index (χ0) is 13.3. The molecule has 0 spiro atoms. The van der Waals surface area contributed by atoms with Crippen LogP contribution in [0, 0.1) is 0 Å². The Kier molecular flexibility index (Phi) is 3.86. The summed E-state index contributed by atoms with van der Waals surface area (Å²) in [5.74, 6) is 0.0880. The number of H-pyrrole nitrogens is 1. The summed E-state index contributed by atoms with van der Waals surface area (Å²) in [4.78, 5) is 6.19. The van der Waals surface area contributed by atoms with Gasteiger partial charge in [-0.3, -0.25) is 0 Å². The molecule has 0 aliphatic heterocycles. The van der Waals surface area contributed by atoms with Gasteiger partial charge in [0.15, 0.2) is 0 Å². The third-order valence-corrected chi connectivity index (χ3v) is 4.68. The molecule has 0 bridgehead atoms. The van der Waals surface area contributed by atoms with Crippen molar-refractivity contribution in [1.82, 2.24) is 9.97 Å². The van der Waals surface area contributed by atoms with Crippen molar-refractivity contribution in [3.8, 4) is 0 Å². The molecule has 5 nitrogen and oxygen atoms in total. The number of sulfonamides is 1. The van der Waals surface area contributed by atoms with Gasteiger partial charge in [-0.25, -0.2) is 18.1 Å². The van der Waals surface area contributed by atoms with Crippen molar-refractivity contribution >= 4 is 55.1 Å². The number of imidazole rings is 1. The minimum atomic E-state index is -3.89. The van der Waals surface area contributed by atoms with E-state index >= 15 is 0 Å². The van der Waals surface area contributed by atoms with Gasteiger partial charge < -0.3 is 4.98 Å². The van der Waals surface area contributed by atoms with Crippen LogP contribution >= 0.6 is 39.1 Å². The Morgan fingerprint density at radius 1 is 1.28 bits per heavy atom. The Balaban J connectivity index is 2.48. The van der Waals surface area contributed by atoms with E-state index in [1.165, 1.54) is 24.5 Å². The average Bonchev–Trinajstić information content (AvgIpc) is 2.66. The van der Waals surface area contributed by atoms with Gasteiger partial charge in [-0.1, -0.05) is 39.1 Å². The molecule has 0 radical (unpaired) electrons. The summed E-state index contributed by atoms with van der Waals surface area (Å²) in [5, 5.41) is 0.0434. The fourth-order valence-electron chi connectivity index (χ4n) is 1.29. The first-order valence-corrected chi connectivity index (χ1v) is 7.60. The number of benzene rings is 1. The van der Waals surface area contributed by atoms with Crippen LogP contribution in [0.2, 0.25) is 10.0 Å². The Bertz CT molecular complexity index is 650. The smallest absolute Gasteiger partial charge is 0.267 e. The van der Waals surface area contributed by atoms with Crippen molar-refractivity contribution in [2.24, 2.45) is 0 Å². The van der Waals surface area contributed by atoms with E-state index in [4.69, 9.17) is 23.2 Å². The quantitative estimate of drug-likeness (QED) is 0.870. The second-order valence-corrected chi connectivity index (χ2v) is 6.59. The monoisotopic (exact) mass is 369 g/mol. The van der Waals surface area contributed by atoms with E-state index in [2.05, 4.69) is 30.6 Å². The molecule has 0 aliphatic rings. The molecule has 2 rings (SSSR count). The van der Waals surface area contributed by atoms with E-state index in [1.54, 1.807) is 0 Å². The van der Waals surface area contributed by atoms with Gasteiger partial charge in [-0.15, -0.1) is 0 Å². The minimum Gasteiger partial charge on any atom is -0.330 e. The van der Waals surface area contributed by atoms with Gasteiger partial charge in [0.25, 0.3) is 10.0 Å². The van der Waals surface area contributed by atoms with Crippen LogP contribution in [-0.2, 0) is 10.0 Å². The number of rotatable bonds is 3. The van der Waals surface area contributed by atoms with Crippen molar-refractivity contribution in [2.45, 2.75) is 4.90 Å². The van der Waals surface area contributed by atoms with Crippen molar-refractivity contribution in [3.05, 3.63) is 39.0 Å². The highest BCUT2D eigenvalue weighted by Crippen LogP contribution is 2.33. The molecule has 1 aromatic carbocycles. The van der Waals surface area contributed by atoms with Gasteiger partial charge >= 0.3 is 0 Å². The summed E-state index contributed by atoms with van der Waals surface area (Å²) in [7, 11) is -3.89. The lowest BCUT2D eigenvalue weighted by atomic mass is 10.4. The maximum absolute atomic E-state index is 12.1. The molecule has 0 atom stereocenters. The van der Waals surface area contributed by atoms with E-state index in [1.807, 2.05) is 0 Å². The zero-order valence-corrected chi connectivity index (χ0v) is 12.5. The molecule has 0 saturated heterocycles. The van der Waals surface area contributed by atoms with Gasteiger partial charge in [-0.2, -0.15) is 0 Å². The van der Waals surface area contributed by atoms with Gasteiger partial charge in [0.2, 0.25) is 5.95 Å². The van der Waals surface area contributed by atoms with Crippen LogP contribution in [0.5, 0.6) is 0 Å². The predicted octanol–water partition coefficient (Wildman–Crippen LogP) is 3.28. The van der Waals surface area contributed by atoms with E-state index in [0.29, 0.717) is 4.47 Å². The Morgan fingerprint density at radius 2 is 1.89 bits per heavy atom. The lowest BCUT2D eigenvalue weighted by Gasteiger charge is -2.09. The first-order chi connectivity index (χ1) is 8.40. The zero-order valence-electron chi connectivity index (χ0n) is 8.62. The predicted molar refractivity (Wildman–Crippen MR) is 73.6 cm³/mol. The molecule has 0 fully saturated rings. The Labute approximate surface area is 122 Å². The molecular formula is C9H6BrCl2N3O2S. The average molecular weight is 371 g/mol. The number of nitrogens with zero attached hydrogens (tertiary/aromatic N) is 1. The maximum atomic E-state index is 12.1. The lowest BCUT2D eigenvalue weighted by molar-refractivity contribution is 0.601. The van der Waals surface area contributed by atoms with Crippen LogP contribution in [0.4, 0.5) is 5.95 Å². The van der Waals surface area contributed by atoms with E-state index in [0.717, 1.165) is 0 Å². The van der Waals surface area contributed by atoms with Crippen LogP contribution in [0.25, 0.3) is 0 Å². The van der Waals surface area contributed by atoms with Gasteiger partial charge in [0, 0.05) is 16.9 Å². The number of anilines is 1. The van der Waals surface area contributed by atoms with Crippen LogP contribution in [0.1, 0.15) is 0 Å². The summed E-state index contributed by atoms with van der Waals surface area (Å²) < 4.78 is 27.0. The van der Waals surface area contributed by atoms with E-state index < -0.39 is 10.0 Å². The summed E-state index contributed by atoms with van der Waals surface area (Å²) >= 11 is 15.0. The normalized spacial score (nSPS) is 11.5. The molecule has 0 amide bonds. The third-order valence-electron chi connectivity index (χ3n) is 1.96. The first kappa shape index (κ1) is 13.7. The maximum Gasteiger partial charge on any atom is 0.267 e. The summed E-state index contributed by atoms with van der Waals surface area (Å²) in [6, 6.07) is 2.90. The second-order valence-electron chi connectivity index (χ2n) is 3.24. The number of hydrogen-bond acceptors (Lipinski definition) is 3. The third kappa shape index (κ3) is 2.80. The van der Waals surface area contributed by atoms with Crippen LogP contribution < -0.4 is 4.72 Å². The highest BCUT2D eigenvalue weighted by atomic mass is 79.9. The molecule has 96 valence electrons. The summed E-state index contributed by atoms with van der Waals surface area (Å²) in [5.41, 5.74) is 0. The SMILES string of the molecule is O=S(=O)(Nc1ncc[nH]1)c1c(Cl)cc(Br)cc1Cl. The van der Waals surface area contributed by atoms with Gasteiger partial charge in [-0.05, 0) is 12.1 Å². The van der Waals surface area contributed by atoms with E-state index in [9.17, 15) is 8.42 Å². The highest BCUT2D eigenvalue weighted by Gasteiger charge is 2.23. The number of hydrogen-bond donors (Lipinski definition) is 2. The van der Waals surface area contributed by atoms with Crippen LogP contribution in [0.3, 0.4) is 0 Å². The molecule has 1 aromatic heterocycles. The number of aromatic nitrogens is 2. The molecule has 0 saturated carbocycles. The number of halogens is 3. The standard InChI is InChI=1S/C9H6BrCl2N3O2S/c10-5-3-6(11)8(7(12)4-5)18(16,17)15-9-13-1-2-14-9/h1-4H,(H2,13,14,15).